The van der Waals surface area contributed by atoms with Gasteiger partial charge in [0.2, 0.25) is 6.33 Å². The fourth-order valence-corrected chi connectivity index (χ4v) is 1.67. The summed E-state index contributed by atoms with van der Waals surface area (Å²) in [4.78, 5) is 17.8. The van der Waals surface area contributed by atoms with Crippen molar-refractivity contribution >= 4 is 11.6 Å². The van der Waals surface area contributed by atoms with Crippen molar-refractivity contribution < 1.29 is 4.92 Å². The highest BCUT2D eigenvalue weighted by Gasteiger charge is 2.13. The first-order valence-corrected chi connectivity index (χ1v) is 5.19. The van der Waals surface area contributed by atoms with E-state index in [0.29, 0.717) is 6.54 Å². The number of rotatable bonds is 3. The molecule has 0 aliphatic carbocycles. The molecule has 0 amide bonds. The number of pyridine rings is 1. The minimum atomic E-state index is -0.625. The van der Waals surface area contributed by atoms with Gasteiger partial charge in [0.1, 0.15) is 12.2 Å². The summed E-state index contributed by atoms with van der Waals surface area (Å²) in [5.74, 6) is -0.404. The van der Waals surface area contributed by atoms with Gasteiger partial charge in [0.05, 0.1) is 5.69 Å². The number of hydrogen-bond acceptors (Lipinski definition) is 5. The molecule has 0 aliphatic rings. The number of nitrogens with zero attached hydrogens (tertiary/aromatic N) is 6. The van der Waals surface area contributed by atoms with E-state index in [1.807, 2.05) is 35.0 Å². The van der Waals surface area contributed by atoms with Crippen LogP contribution in [-0.2, 0) is 6.54 Å². The molecule has 8 heteroatoms. The lowest BCUT2D eigenvalue weighted by Gasteiger charge is -1.90. The zero-order valence-corrected chi connectivity index (χ0v) is 9.17. The molecule has 0 radical (unpaired) electrons. The zero-order valence-electron chi connectivity index (χ0n) is 9.17. The maximum Gasteiger partial charge on any atom is 0.490 e. The van der Waals surface area contributed by atoms with Crippen molar-refractivity contribution in [3.63, 3.8) is 0 Å². The van der Waals surface area contributed by atoms with Crippen LogP contribution in [0.5, 0.6) is 0 Å². The first kappa shape index (κ1) is 10.4. The summed E-state index contributed by atoms with van der Waals surface area (Å²) >= 11 is 0. The minimum Gasteiger partial charge on any atom is -0.390 e. The molecule has 0 aromatic carbocycles. The van der Waals surface area contributed by atoms with Crippen molar-refractivity contribution in [2.24, 2.45) is 0 Å². The van der Waals surface area contributed by atoms with Gasteiger partial charge in [-0.15, -0.1) is 0 Å². The highest BCUT2D eigenvalue weighted by atomic mass is 16.6. The Morgan fingerprint density at radius 2 is 2.28 bits per heavy atom. The Bertz CT molecular complexity index is 683. The average Bonchev–Trinajstić information content (AvgIpc) is 2.94. The highest BCUT2D eigenvalue weighted by molar-refractivity contribution is 5.39. The lowest BCUT2D eigenvalue weighted by molar-refractivity contribution is -0.394. The van der Waals surface area contributed by atoms with E-state index in [1.165, 1.54) is 11.0 Å². The Hall–Kier alpha value is -2.77. The Morgan fingerprint density at radius 3 is 3.00 bits per heavy atom. The molecule has 0 unspecified atom stereocenters. The molecule has 18 heavy (non-hydrogen) atoms. The average molecular weight is 244 g/mol. The van der Waals surface area contributed by atoms with Crippen LogP contribution in [-0.4, -0.2) is 29.1 Å². The van der Waals surface area contributed by atoms with Gasteiger partial charge in [0.25, 0.3) is 0 Å². The monoisotopic (exact) mass is 244 g/mol. The third-order valence-corrected chi connectivity index (χ3v) is 2.43. The van der Waals surface area contributed by atoms with Gasteiger partial charge in [-0.3, -0.25) is 0 Å². The molecular weight excluding hydrogens is 236 g/mol. The summed E-state index contributed by atoms with van der Waals surface area (Å²) in [6, 6.07) is 5.68. The second-order valence-corrected chi connectivity index (χ2v) is 3.70. The molecule has 0 N–H and O–H groups in total. The lowest BCUT2D eigenvalue weighted by Crippen LogP contribution is -2.01. The predicted octanol–water partition coefficient (Wildman–Crippen LogP) is 0.882. The van der Waals surface area contributed by atoms with E-state index < -0.39 is 10.9 Å². The third kappa shape index (κ3) is 1.79. The van der Waals surface area contributed by atoms with Crippen molar-refractivity contribution in [2.75, 3.05) is 0 Å². The van der Waals surface area contributed by atoms with Crippen LogP contribution in [0.3, 0.4) is 0 Å². The number of imidazole rings is 1. The minimum absolute atomic E-state index is 0.350. The van der Waals surface area contributed by atoms with E-state index in [1.54, 1.807) is 0 Å². The van der Waals surface area contributed by atoms with Crippen LogP contribution in [0.2, 0.25) is 0 Å². The molecule has 0 spiro atoms. The summed E-state index contributed by atoms with van der Waals surface area (Å²) in [6.45, 7) is 0.350. The van der Waals surface area contributed by atoms with E-state index in [2.05, 4.69) is 15.1 Å². The van der Waals surface area contributed by atoms with Crippen LogP contribution in [0.1, 0.15) is 5.69 Å². The molecule has 0 aliphatic heterocycles. The Kier molecular flexibility index (Phi) is 2.26. The summed E-state index contributed by atoms with van der Waals surface area (Å²) in [5, 5.41) is 14.2. The normalized spacial score (nSPS) is 10.9. The highest BCUT2D eigenvalue weighted by Crippen LogP contribution is 2.07. The molecule has 0 bridgehead atoms. The van der Waals surface area contributed by atoms with Crippen LogP contribution in [0.4, 0.5) is 5.95 Å². The second-order valence-electron chi connectivity index (χ2n) is 3.70. The van der Waals surface area contributed by atoms with Gasteiger partial charge in [-0.05, 0) is 17.1 Å². The smallest absolute Gasteiger partial charge is 0.390 e. The summed E-state index contributed by atoms with van der Waals surface area (Å²) in [6.07, 6.45) is 5.06. The van der Waals surface area contributed by atoms with Gasteiger partial charge >= 0.3 is 5.95 Å². The fraction of sp³-hybridized carbons (Fsp3) is 0.100. The Morgan fingerprint density at radius 1 is 1.39 bits per heavy atom. The molecule has 3 rings (SSSR count). The number of aromatic nitrogens is 5. The number of hydrogen-bond donors (Lipinski definition) is 0. The van der Waals surface area contributed by atoms with Crippen molar-refractivity contribution in [3.8, 4) is 0 Å². The van der Waals surface area contributed by atoms with E-state index in [-0.39, 0.29) is 0 Å². The van der Waals surface area contributed by atoms with E-state index >= 15 is 0 Å². The van der Waals surface area contributed by atoms with Crippen LogP contribution in [0, 0.1) is 10.1 Å². The van der Waals surface area contributed by atoms with Gasteiger partial charge in [-0.2, -0.15) is 4.68 Å². The topological polar surface area (TPSA) is 91.2 Å². The summed E-state index contributed by atoms with van der Waals surface area (Å²) < 4.78 is 3.26. The van der Waals surface area contributed by atoms with Gasteiger partial charge in [-0.25, -0.2) is 4.98 Å². The lowest BCUT2D eigenvalue weighted by atomic mass is 10.5. The van der Waals surface area contributed by atoms with Crippen molar-refractivity contribution in [1.29, 1.82) is 0 Å². The van der Waals surface area contributed by atoms with Gasteiger partial charge < -0.3 is 14.5 Å². The van der Waals surface area contributed by atoms with Crippen molar-refractivity contribution in [1.82, 2.24) is 24.1 Å². The molecule has 3 aromatic rings. The molecule has 3 heterocycles. The fourth-order valence-electron chi connectivity index (χ4n) is 1.67. The summed E-state index contributed by atoms with van der Waals surface area (Å²) in [5.41, 5.74) is 1.59. The second kappa shape index (κ2) is 3.91. The number of fused-ring (bicyclic) bond motifs is 1. The van der Waals surface area contributed by atoms with Crippen molar-refractivity contribution in [3.05, 3.63) is 52.7 Å². The zero-order chi connectivity index (χ0) is 12.5. The maximum absolute atomic E-state index is 10.5. The van der Waals surface area contributed by atoms with Crippen LogP contribution in [0.15, 0.2) is 36.9 Å². The third-order valence-electron chi connectivity index (χ3n) is 2.43. The first-order chi connectivity index (χ1) is 8.72. The van der Waals surface area contributed by atoms with Gasteiger partial charge in [-0.1, -0.05) is 11.1 Å². The van der Waals surface area contributed by atoms with Crippen molar-refractivity contribution in [2.45, 2.75) is 6.54 Å². The quantitative estimate of drug-likeness (QED) is 0.503. The molecule has 0 saturated heterocycles. The standard InChI is InChI=1S/C10H8N6O2/c17-16(18)10-11-7-15(13-10)6-8-5-14-4-2-1-3-9(14)12-8/h1-5,7H,6H2. The molecule has 0 fully saturated rings. The maximum atomic E-state index is 10.5. The van der Waals surface area contributed by atoms with E-state index in [9.17, 15) is 10.1 Å². The molecule has 90 valence electrons. The number of nitro groups is 1. The molecule has 8 nitrogen and oxygen atoms in total. The molecule has 0 atom stereocenters. The Labute approximate surface area is 101 Å². The Balaban J connectivity index is 1.88. The van der Waals surface area contributed by atoms with Gasteiger partial charge in [0.15, 0.2) is 0 Å². The largest absolute Gasteiger partial charge is 0.490 e. The molecular formula is C10H8N6O2. The predicted molar refractivity (Wildman–Crippen MR) is 61.0 cm³/mol. The van der Waals surface area contributed by atoms with Crippen LogP contribution >= 0.6 is 0 Å². The van der Waals surface area contributed by atoms with Gasteiger partial charge in [0, 0.05) is 17.5 Å². The van der Waals surface area contributed by atoms with E-state index in [4.69, 9.17) is 0 Å². The molecule has 0 saturated carbocycles. The van der Waals surface area contributed by atoms with Crippen LogP contribution < -0.4 is 0 Å². The first-order valence-electron chi connectivity index (χ1n) is 5.19. The SMILES string of the molecule is O=[N+]([O-])c1ncn(Cc2cn3ccccc3n2)n1. The van der Waals surface area contributed by atoms with E-state index in [0.717, 1.165) is 11.3 Å². The van der Waals surface area contributed by atoms with Crippen LogP contribution in [0.25, 0.3) is 5.65 Å². The molecule has 3 aromatic heterocycles. The summed E-state index contributed by atoms with van der Waals surface area (Å²) in [7, 11) is 0.